The Balaban J connectivity index is 1.72. The first kappa shape index (κ1) is 20.9. The third-order valence-electron chi connectivity index (χ3n) is 5.90. The van der Waals surface area contributed by atoms with Gasteiger partial charge in [-0.3, -0.25) is 4.57 Å². The molecule has 9 nitrogen and oxygen atoms in total. The highest BCUT2D eigenvalue weighted by atomic mass is 35.5. The molecule has 2 N–H and O–H groups in total. The SMILES string of the molecule is CC1(C)O[C@@H]2[C@H](O1)C(O[Si](C)(C)C(C)(C)C)O[C@H]2n1cnc2c(N)nc(Cl)nc21. The van der Waals surface area contributed by atoms with Crippen molar-refractivity contribution in [2.75, 3.05) is 5.73 Å². The summed E-state index contributed by atoms with van der Waals surface area (Å²) >= 11 is 6.02. The number of rotatable bonds is 3. The summed E-state index contributed by atoms with van der Waals surface area (Å²) < 4.78 is 27.0. The molecular formula is C18H28ClN5O4Si. The van der Waals surface area contributed by atoms with Crippen LogP contribution in [0.4, 0.5) is 5.82 Å². The molecule has 0 aromatic carbocycles. The summed E-state index contributed by atoms with van der Waals surface area (Å²) in [5, 5.41) is 0.0693. The molecule has 11 heteroatoms. The minimum Gasteiger partial charge on any atom is -0.390 e. The lowest BCUT2D eigenvalue weighted by Crippen LogP contribution is -2.47. The van der Waals surface area contributed by atoms with E-state index >= 15 is 0 Å². The average Bonchev–Trinajstić information content (AvgIpc) is 3.18. The monoisotopic (exact) mass is 441 g/mol. The number of fused-ring (bicyclic) bond motifs is 2. The van der Waals surface area contributed by atoms with Gasteiger partial charge < -0.3 is 24.4 Å². The van der Waals surface area contributed by atoms with Crippen LogP contribution in [0.5, 0.6) is 0 Å². The van der Waals surface area contributed by atoms with Gasteiger partial charge in [-0.2, -0.15) is 9.97 Å². The van der Waals surface area contributed by atoms with Gasteiger partial charge in [-0.25, -0.2) is 4.98 Å². The topological polar surface area (TPSA) is 107 Å². The van der Waals surface area contributed by atoms with Gasteiger partial charge in [-0.15, -0.1) is 0 Å². The molecule has 0 amide bonds. The zero-order valence-corrected chi connectivity index (χ0v) is 19.5. The second-order valence-corrected chi connectivity index (χ2v) is 14.6. The fraction of sp³-hybridized carbons (Fsp3) is 0.722. The molecule has 2 aromatic rings. The maximum Gasteiger partial charge on any atom is 0.226 e. The Kier molecular flexibility index (Phi) is 4.76. The van der Waals surface area contributed by atoms with Gasteiger partial charge in [0.05, 0.1) is 6.33 Å². The number of imidazole rings is 1. The number of nitrogens with zero attached hydrogens (tertiary/aromatic N) is 4. The van der Waals surface area contributed by atoms with Gasteiger partial charge in [-0.1, -0.05) is 20.8 Å². The van der Waals surface area contributed by atoms with Gasteiger partial charge >= 0.3 is 0 Å². The van der Waals surface area contributed by atoms with E-state index in [0.29, 0.717) is 11.2 Å². The number of halogens is 1. The van der Waals surface area contributed by atoms with Crippen molar-refractivity contribution in [3.63, 3.8) is 0 Å². The van der Waals surface area contributed by atoms with Gasteiger partial charge in [-0.05, 0) is 43.6 Å². The highest BCUT2D eigenvalue weighted by Gasteiger charge is 2.58. The van der Waals surface area contributed by atoms with Crippen molar-refractivity contribution in [3.8, 4) is 0 Å². The zero-order valence-electron chi connectivity index (χ0n) is 17.8. The molecule has 2 aliphatic rings. The Hall–Kier alpha value is -1.30. The summed E-state index contributed by atoms with van der Waals surface area (Å²) in [7, 11) is -2.11. The molecule has 2 saturated heterocycles. The van der Waals surface area contributed by atoms with E-state index in [0.717, 1.165) is 0 Å². The van der Waals surface area contributed by atoms with Crippen molar-refractivity contribution in [3.05, 3.63) is 11.6 Å². The van der Waals surface area contributed by atoms with Crippen LogP contribution in [0.1, 0.15) is 40.8 Å². The van der Waals surface area contributed by atoms with Crippen molar-refractivity contribution >= 4 is 36.9 Å². The summed E-state index contributed by atoms with van der Waals surface area (Å²) in [4.78, 5) is 12.6. The van der Waals surface area contributed by atoms with Gasteiger partial charge in [0.25, 0.3) is 0 Å². The lowest BCUT2D eigenvalue weighted by Gasteiger charge is -2.39. The first-order chi connectivity index (χ1) is 13.3. The zero-order chi connectivity index (χ0) is 21.4. The maximum absolute atomic E-state index is 6.55. The van der Waals surface area contributed by atoms with E-state index in [-0.39, 0.29) is 22.2 Å². The van der Waals surface area contributed by atoms with Crippen molar-refractivity contribution in [1.82, 2.24) is 19.5 Å². The number of hydrogen-bond donors (Lipinski definition) is 1. The van der Waals surface area contributed by atoms with Gasteiger partial charge in [0, 0.05) is 0 Å². The fourth-order valence-corrected chi connectivity index (χ4v) is 4.72. The van der Waals surface area contributed by atoms with Crippen LogP contribution in [0, 0.1) is 0 Å². The molecule has 0 aliphatic carbocycles. The van der Waals surface area contributed by atoms with Crippen molar-refractivity contribution < 1.29 is 18.6 Å². The highest BCUT2D eigenvalue weighted by molar-refractivity contribution is 6.74. The van der Waals surface area contributed by atoms with Crippen LogP contribution in [0.2, 0.25) is 23.4 Å². The number of nitrogen functional groups attached to an aromatic ring is 1. The van der Waals surface area contributed by atoms with Crippen molar-refractivity contribution in [2.45, 2.75) is 83.3 Å². The van der Waals surface area contributed by atoms with Crippen LogP contribution in [-0.4, -0.2) is 52.1 Å². The molecule has 4 heterocycles. The molecule has 2 aromatic heterocycles. The molecule has 2 aliphatic heterocycles. The minimum absolute atomic E-state index is 0.0236. The summed E-state index contributed by atoms with van der Waals surface area (Å²) in [6.07, 6.45) is -0.285. The predicted molar refractivity (Wildman–Crippen MR) is 111 cm³/mol. The van der Waals surface area contributed by atoms with E-state index in [4.69, 9.17) is 36.0 Å². The first-order valence-electron chi connectivity index (χ1n) is 9.63. The molecule has 2 fully saturated rings. The number of anilines is 1. The molecule has 1 unspecified atom stereocenters. The van der Waals surface area contributed by atoms with Crippen LogP contribution in [0.3, 0.4) is 0 Å². The Bertz CT molecular complexity index is 944. The Morgan fingerprint density at radius 1 is 1.21 bits per heavy atom. The molecule has 29 heavy (non-hydrogen) atoms. The molecule has 0 bridgehead atoms. The summed E-state index contributed by atoms with van der Waals surface area (Å²) in [5.41, 5.74) is 6.89. The first-order valence-corrected chi connectivity index (χ1v) is 12.9. The van der Waals surface area contributed by atoms with Crippen molar-refractivity contribution in [1.29, 1.82) is 0 Å². The summed E-state index contributed by atoms with van der Waals surface area (Å²) in [6, 6.07) is 0. The number of nitrogens with two attached hydrogens (primary N) is 1. The molecule has 0 radical (unpaired) electrons. The third-order valence-corrected chi connectivity index (χ3v) is 10.5. The lowest BCUT2D eigenvalue weighted by atomic mass is 10.2. The smallest absolute Gasteiger partial charge is 0.226 e. The van der Waals surface area contributed by atoms with Crippen LogP contribution in [0.15, 0.2) is 6.33 Å². The van der Waals surface area contributed by atoms with E-state index in [2.05, 4.69) is 48.8 Å². The quantitative estimate of drug-likeness (QED) is 0.570. The van der Waals surface area contributed by atoms with Gasteiger partial charge in [0.15, 0.2) is 38.1 Å². The van der Waals surface area contributed by atoms with E-state index in [9.17, 15) is 0 Å². The normalized spacial score (nSPS) is 29.5. The lowest BCUT2D eigenvalue weighted by molar-refractivity contribution is -0.226. The maximum atomic E-state index is 6.55. The number of aromatic nitrogens is 4. The standard InChI is InChI=1S/C18H28ClN5O4Si/c1-17(2,3)29(6,7)28-15-11-10(26-18(4,5)27-11)14(25-15)24-8-21-9-12(20)22-16(19)23-13(9)24/h8,10-11,14-15H,1-7H3,(H2,20,22,23)/t10-,11+,14-,15?/m1/s1. The number of ether oxygens (including phenoxy) is 3. The van der Waals surface area contributed by atoms with Gasteiger partial charge in [0.1, 0.15) is 17.7 Å². The van der Waals surface area contributed by atoms with E-state index in [1.165, 1.54) is 0 Å². The van der Waals surface area contributed by atoms with E-state index in [1.807, 2.05) is 13.8 Å². The Morgan fingerprint density at radius 2 is 1.86 bits per heavy atom. The second-order valence-electron chi connectivity index (χ2n) is 9.54. The second kappa shape index (κ2) is 6.60. The highest BCUT2D eigenvalue weighted by Crippen LogP contribution is 2.47. The van der Waals surface area contributed by atoms with Crippen LogP contribution >= 0.6 is 11.6 Å². The third kappa shape index (κ3) is 3.55. The van der Waals surface area contributed by atoms with Crippen LogP contribution in [0.25, 0.3) is 11.2 Å². The van der Waals surface area contributed by atoms with Gasteiger partial charge in [0.2, 0.25) is 5.28 Å². The van der Waals surface area contributed by atoms with E-state index < -0.39 is 32.7 Å². The van der Waals surface area contributed by atoms with Crippen molar-refractivity contribution in [2.24, 2.45) is 0 Å². The van der Waals surface area contributed by atoms with E-state index in [1.54, 1.807) is 10.9 Å². The number of hydrogen-bond acceptors (Lipinski definition) is 8. The van der Waals surface area contributed by atoms with Crippen LogP contribution < -0.4 is 5.73 Å². The fourth-order valence-electron chi connectivity index (χ4n) is 3.42. The molecule has 4 rings (SSSR count). The summed E-state index contributed by atoms with van der Waals surface area (Å²) in [5.74, 6) is -0.541. The Labute approximate surface area is 176 Å². The Morgan fingerprint density at radius 3 is 2.52 bits per heavy atom. The molecule has 160 valence electrons. The largest absolute Gasteiger partial charge is 0.390 e. The summed E-state index contributed by atoms with van der Waals surface area (Å²) in [6.45, 7) is 14.7. The molecule has 0 saturated carbocycles. The average molecular weight is 442 g/mol. The molecule has 0 spiro atoms. The predicted octanol–water partition coefficient (Wildman–Crippen LogP) is 3.46. The minimum atomic E-state index is -2.11. The molecular weight excluding hydrogens is 414 g/mol. The van der Waals surface area contributed by atoms with Crippen LogP contribution in [-0.2, 0) is 18.6 Å². The molecule has 4 atom stereocenters.